The second-order valence-electron chi connectivity index (χ2n) is 9.32. The summed E-state index contributed by atoms with van der Waals surface area (Å²) < 4.78 is 49.3. The molecule has 0 bridgehead atoms. The highest BCUT2D eigenvalue weighted by Gasteiger charge is 2.18. The third kappa shape index (κ3) is 6.79. The van der Waals surface area contributed by atoms with E-state index < -0.39 is 17.6 Å². The molecule has 0 aliphatic rings. The van der Waals surface area contributed by atoms with E-state index in [0.717, 1.165) is 17.7 Å². The molecule has 208 valence electrons. The second kappa shape index (κ2) is 13.1. The number of carbonyl (C=O) groups is 1. The Morgan fingerprint density at radius 1 is 1.02 bits per heavy atom. The molecular weight excluding hydrogens is 517 g/mol. The molecule has 0 aliphatic heterocycles. The van der Waals surface area contributed by atoms with Gasteiger partial charge in [-0.05, 0) is 71.2 Å². The fraction of sp³-hybridized carbons (Fsp3) is 0.226. The van der Waals surface area contributed by atoms with E-state index in [1.165, 1.54) is 17.0 Å². The molecule has 0 atom stereocenters. The summed E-state index contributed by atoms with van der Waals surface area (Å²) in [6, 6.07) is 15.8. The molecule has 3 aromatic carbocycles. The lowest BCUT2D eigenvalue weighted by molar-refractivity contribution is -0.123. The summed E-state index contributed by atoms with van der Waals surface area (Å²) in [5, 5.41) is 9.76. The smallest absolute Gasteiger partial charge is 0.245 e. The molecule has 0 fully saturated rings. The summed E-state index contributed by atoms with van der Waals surface area (Å²) in [7, 11) is 3.39. The van der Waals surface area contributed by atoms with Crippen LogP contribution in [0.1, 0.15) is 30.0 Å². The first kappa shape index (κ1) is 28.6. The zero-order valence-electron chi connectivity index (χ0n) is 22.6. The van der Waals surface area contributed by atoms with Gasteiger partial charge in [0.05, 0.1) is 10.9 Å². The van der Waals surface area contributed by atoms with Gasteiger partial charge in [0.15, 0.2) is 0 Å². The van der Waals surface area contributed by atoms with E-state index >= 15 is 0 Å². The average Bonchev–Trinajstić information content (AvgIpc) is 3.32. The van der Waals surface area contributed by atoms with Crippen molar-refractivity contribution in [2.75, 3.05) is 33.8 Å². The Balaban J connectivity index is 1.59. The summed E-state index contributed by atoms with van der Waals surface area (Å²) in [6.07, 6.45) is 3.67. The number of fused-ring (bicyclic) bond motifs is 1. The van der Waals surface area contributed by atoms with Crippen molar-refractivity contribution in [3.63, 3.8) is 0 Å². The maximum absolute atomic E-state index is 14.9. The van der Waals surface area contributed by atoms with E-state index in [-0.39, 0.29) is 11.5 Å². The van der Waals surface area contributed by atoms with Crippen LogP contribution < -0.4 is 10.1 Å². The topological polar surface area (TPSA) is 70.2 Å². The van der Waals surface area contributed by atoms with Crippen LogP contribution in [0.4, 0.5) is 13.2 Å². The normalized spacial score (nSPS) is 12.2. The summed E-state index contributed by atoms with van der Waals surface area (Å²) in [6.45, 7) is 3.38. The number of benzene rings is 3. The van der Waals surface area contributed by atoms with Crippen LogP contribution in [0.3, 0.4) is 0 Å². The van der Waals surface area contributed by atoms with E-state index in [4.69, 9.17) is 4.74 Å². The number of aromatic amines is 1. The molecular formula is C31H31F3N4O2. The largest absolute Gasteiger partial charge is 0.492 e. The lowest BCUT2D eigenvalue weighted by Crippen LogP contribution is -2.22. The van der Waals surface area contributed by atoms with Gasteiger partial charge in [0.2, 0.25) is 11.9 Å². The number of ether oxygens (including phenoxy) is 1. The Morgan fingerprint density at radius 3 is 2.50 bits per heavy atom. The Kier molecular flexibility index (Phi) is 9.39. The van der Waals surface area contributed by atoms with Crippen molar-refractivity contribution in [1.29, 1.82) is 0 Å². The summed E-state index contributed by atoms with van der Waals surface area (Å²) in [4.78, 5) is 13.0. The first-order valence-corrected chi connectivity index (χ1v) is 12.9. The van der Waals surface area contributed by atoms with Gasteiger partial charge in [-0.3, -0.25) is 9.89 Å². The molecule has 0 saturated heterocycles. The lowest BCUT2D eigenvalue weighted by Gasteiger charge is -2.17. The Bertz CT molecular complexity index is 1540. The SMILES string of the molecule is CC/C(=C(/c1ccc(OCCNC/C=C/C(=O)N(C)C)cc1)c1ccc2[nH]nc(F)c2c1)c1cc(F)ccc1F. The van der Waals surface area contributed by atoms with E-state index in [9.17, 15) is 18.0 Å². The molecule has 4 rings (SSSR count). The average molecular weight is 549 g/mol. The number of allylic oxidation sites excluding steroid dienone is 1. The number of amides is 1. The highest BCUT2D eigenvalue weighted by molar-refractivity contribution is 6.00. The summed E-state index contributed by atoms with van der Waals surface area (Å²) in [5.74, 6) is -1.17. The molecule has 0 aliphatic carbocycles. The zero-order chi connectivity index (χ0) is 28.6. The van der Waals surface area contributed by atoms with Crippen molar-refractivity contribution in [2.45, 2.75) is 13.3 Å². The Hall–Kier alpha value is -4.37. The molecule has 40 heavy (non-hydrogen) atoms. The first-order chi connectivity index (χ1) is 19.3. The van der Waals surface area contributed by atoms with Crippen LogP contribution in [0.5, 0.6) is 5.75 Å². The van der Waals surface area contributed by atoms with Crippen molar-refractivity contribution in [2.24, 2.45) is 0 Å². The molecule has 9 heteroatoms. The molecule has 2 N–H and O–H groups in total. The molecule has 0 unspecified atom stereocenters. The van der Waals surface area contributed by atoms with Crippen LogP contribution in [-0.2, 0) is 4.79 Å². The van der Waals surface area contributed by atoms with Crippen LogP contribution >= 0.6 is 0 Å². The number of hydrogen-bond acceptors (Lipinski definition) is 4. The quantitative estimate of drug-likeness (QED) is 0.138. The fourth-order valence-corrected chi connectivity index (χ4v) is 4.34. The monoisotopic (exact) mass is 548 g/mol. The maximum Gasteiger partial charge on any atom is 0.245 e. The maximum atomic E-state index is 14.9. The molecule has 1 aromatic heterocycles. The third-order valence-corrected chi connectivity index (χ3v) is 6.37. The highest BCUT2D eigenvalue weighted by atomic mass is 19.1. The van der Waals surface area contributed by atoms with Gasteiger partial charge in [0, 0.05) is 38.8 Å². The molecule has 6 nitrogen and oxygen atoms in total. The van der Waals surface area contributed by atoms with E-state index in [1.54, 1.807) is 50.5 Å². The Morgan fingerprint density at radius 2 is 1.77 bits per heavy atom. The van der Waals surface area contributed by atoms with Crippen LogP contribution in [0.25, 0.3) is 22.0 Å². The zero-order valence-corrected chi connectivity index (χ0v) is 22.6. The number of aromatic nitrogens is 2. The van der Waals surface area contributed by atoms with E-state index in [0.29, 0.717) is 59.5 Å². The van der Waals surface area contributed by atoms with E-state index in [1.807, 2.05) is 19.1 Å². The fourth-order valence-electron chi connectivity index (χ4n) is 4.34. The molecule has 1 heterocycles. The predicted molar refractivity (Wildman–Crippen MR) is 151 cm³/mol. The van der Waals surface area contributed by atoms with Gasteiger partial charge < -0.3 is 15.0 Å². The van der Waals surface area contributed by atoms with Gasteiger partial charge in [0.25, 0.3) is 0 Å². The molecule has 0 spiro atoms. The minimum Gasteiger partial charge on any atom is -0.492 e. The summed E-state index contributed by atoms with van der Waals surface area (Å²) in [5.41, 5.74) is 3.31. The molecule has 1 amide bonds. The minimum absolute atomic E-state index is 0.0762. The Labute approximate surface area is 231 Å². The minimum atomic E-state index is -0.636. The van der Waals surface area contributed by atoms with Gasteiger partial charge in [-0.25, -0.2) is 8.78 Å². The third-order valence-electron chi connectivity index (χ3n) is 6.37. The number of nitrogens with zero attached hydrogens (tertiary/aromatic N) is 2. The first-order valence-electron chi connectivity index (χ1n) is 12.9. The number of halogens is 3. The van der Waals surface area contributed by atoms with Crippen molar-refractivity contribution in [3.8, 4) is 5.75 Å². The molecule has 0 saturated carbocycles. The van der Waals surface area contributed by atoms with Crippen molar-refractivity contribution in [1.82, 2.24) is 20.4 Å². The molecule has 0 radical (unpaired) electrons. The number of carbonyl (C=O) groups excluding carboxylic acids is 1. The van der Waals surface area contributed by atoms with Crippen LogP contribution in [0, 0.1) is 17.6 Å². The number of likely N-dealkylation sites (N-methyl/N-ethyl adjacent to an activating group) is 1. The number of rotatable bonds is 11. The number of H-pyrrole nitrogens is 1. The van der Waals surface area contributed by atoms with Crippen LogP contribution in [0.15, 0.2) is 72.8 Å². The van der Waals surface area contributed by atoms with Crippen LogP contribution in [0.2, 0.25) is 0 Å². The number of hydrogen-bond donors (Lipinski definition) is 2. The van der Waals surface area contributed by atoms with Crippen molar-refractivity contribution >= 4 is 28.0 Å². The van der Waals surface area contributed by atoms with Crippen molar-refractivity contribution < 1.29 is 22.7 Å². The van der Waals surface area contributed by atoms with Gasteiger partial charge in [-0.15, -0.1) is 5.10 Å². The summed E-state index contributed by atoms with van der Waals surface area (Å²) >= 11 is 0. The lowest BCUT2D eigenvalue weighted by atomic mass is 9.87. The predicted octanol–water partition coefficient (Wildman–Crippen LogP) is 5.96. The highest BCUT2D eigenvalue weighted by Crippen LogP contribution is 2.37. The van der Waals surface area contributed by atoms with E-state index in [2.05, 4.69) is 15.5 Å². The van der Waals surface area contributed by atoms with Gasteiger partial charge in [0.1, 0.15) is 24.0 Å². The standard InChI is InChI=1S/C31H31F3N4O2/c1-4-24(25-19-22(32)10-13-27(25)33)30(21-9-14-28-26(18-21)31(34)37-36-28)20-7-11-23(12-8-20)40-17-16-35-15-5-6-29(39)38(2)3/h5-14,18-19,35H,4,15-17H2,1-3H3,(H,36,37)/b6-5+,30-24+. The number of nitrogens with one attached hydrogen (secondary N) is 2. The van der Waals surface area contributed by atoms with Crippen molar-refractivity contribution in [3.05, 3.63) is 107 Å². The molecule has 4 aromatic rings. The van der Waals surface area contributed by atoms with Gasteiger partial charge in [-0.2, -0.15) is 4.39 Å². The van der Waals surface area contributed by atoms with Gasteiger partial charge in [-0.1, -0.05) is 31.2 Å². The van der Waals surface area contributed by atoms with Gasteiger partial charge >= 0.3 is 0 Å². The second-order valence-corrected chi connectivity index (χ2v) is 9.32. The van der Waals surface area contributed by atoms with Crippen LogP contribution in [-0.4, -0.2) is 54.8 Å².